The minimum absolute atomic E-state index is 0.218. The van der Waals surface area contributed by atoms with E-state index in [0.29, 0.717) is 17.3 Å². The summed E-state index contributed by atoms with van der Waals surface area (Å²) >= 11 is 0. The van der Waals surface area contributed by atoms with Gasteiger partial charge in [0.2, 0.25) is 0 Å². The molecule has 1 saturated carbocycles. The zero-order chi connectivity index (χ0) is 11.9. The zero-order valence-electron chi connectivity index (χ0n) is 10.8. The molecule has 1 fully saturated rings. The van der Waals surface area contributed by atoms with E-state index in [2.05, 4.69) is 33.4 Å². The van der Waals surface area contributed by atoms with Crippen molar-refractivity contribution in [2.45, 2.75) is 52.6 Å². The van der Waals surface area contributed by atoms with Crippen molar-refractivity contribution in [1.82, 2.24) is 0 Å². The van der Waals surface area contributed by atoms with Gasteiger partial charge in [0.15, 0.2) is 0 Å². The van der Waals surface area contributed by atoms with Gasteiger partial charge in [0.05, 0.1) is 6.10 Å². The Morgan fingerprint density at radius 3 is 2.75 bits per heavy atom. The molecule has 0 saturated heterocycles. The number of aliphatic hydroxyl groups is 1. The predicted octanol–water partition coefficient (Wildman–Crippen LogP) is 3.70. The van der Waals surface area contributed by atoms with Crippen LogP contribution in [0.15, 0.2) is 23.8 Å². The summed E-state index contributed by atoms with van der Waals surface area (Å²) < 4.78 is 0. The van der Waals surface area contributed by atoms with Gasteiger partial charge in [-0.25, -0.2) is 0 Å². The molecule has 0 radical (unpaired) electrons. The second-order valence-corrected chi connectivity index (χ2v) is 6.00. The van der Waals surface area contributed by atoms with Gasteiger partial charge in [-0.2, -0.15) is 0 Å². The average molecular weight is 220 g/mol. The molecule has 16 heavy (non-hydrogen) atoms. The van der Waals surface area contributed by atoms with Crippen molar-refractivity contribution in [2.75, 3.05) is 0 Å². The molecule has 0 aromatic carbocycles. The summed E-state index contributed by atoms with van der Waals surface area (Å²) in [7, 11) is 0. The van der Waals surface area contributed by atoms with Crippen molar-refractivity contribution in [1.29, 1.82) is 0 Å². The first-order valence-electron chi connectivity index (χ1n) is 6.48. The molecule has 0 aliphatic heterocycles. The lowest BCUT2D eigenvalue weighted by Gasteiger charge is -2.42. The Morgan fingerprint density at radius 2 is 2.25 bits per heavy atom. The van der Waals surface area contributed by atoms with E-state index in [1.54, 1.807) is 0 Å². The fraction of sp³-hybridized carbons (Fsp3) is 0.733. The highest BCUT2D eigenvalue weighted by atomic mass is 16.3. The van der Waals surface area contributed by atoms with Crippen LogP contribution in [0.2, 0.25) is 0 Å². The van der Waals surface area contributed by atoms with Crippen LogP contribution < -0.4 is 0 Å². The summed E-state index contributed by atoms with van der Waals surface area (Å²) in [6.07, 6.45) is 6.60. The molecule has 2 rings (SSSR count). The molecule has 0 heterocycles. The van der Waals surface area contributed by atoms with Crippen LogP contribution in [0.3, 0.4) is 0 Å². The topological polar surface area (TPSA) is 20.2 Å². The molecule has 1 N–H and O–H groups in total. The van der Waals surface area contributed by atoms with E-state index >= 15 is 0 Å². The standard InChI is InChI=1S/C15H24O/c1-10(2)13-5-6-15(9-13)11(3)7-14(16)8-12(15)4/h7,12-14,16H,1,5-6,8-9H2,2-4H3. The molecule has 0 amide bonds. The summed E-state index contributed by atoms with van der Waals surface area (Å²) in [6, 6.07) is 0. The van der Waals surface area contributed by atoms with E-state index in [1.165, 1.54) is 30.4 Å². The Labute approximate surface area is 99.3 Å². The van der Waals surface area contributed by atoms with E-state index in [9.17, 15) is 5.11 Å². The van der Waals surface area contributed by atoms with Gasteiger partial charge in [0.1, 0.15) is 0 Å². The van der Waals surface area contributed by atoms with Crippen molar-refractivity contribution >= 4 is 0 Å². The van der Waals surface area contributed by atoms with Crippen molar-refractivity contribution in [3.8, 4) is 0 Å². The van der Waals surface area contributed by atoms with Gasteiger partial charge >= 0.3 is 0 Å². The lowest BCUT2D eigenvalue weighted by molar-refractivity contribution is 0.111. The third kappa shape index (κ3) is 1.75. The number of rotatable bonds is 1. The molecule has 2 aliphatic carbocycles. The van der Waals surface area contributed by atoms with E-state index < -0.39 is 0 Å². The average Bonchev–Trinajstić information content (AvgIpc) is 2.60. The van der Waals surface area contributed by atoms with Gasteiger partial charge in [-0.05, 0) is 56.8 Å². The first kappa shape index (κ1) is 11.9. The Balaban J connectivity index is 2.25. The Bertz CT molecular complexity index is 328. The summed E-state index contributed by atoms with van der Waals surface area (Å²) in [5.41, 5.74) is 3.12. The Morgan fingerprint density at radius 1 is 1.56 bits per heavy atom. The summed E-state index contributed by atoms with van der Waals surface area (Å²) in [6.45, 7) is 10.8. The minimum Gasteiger partial charge on any atom is -0.389 e. The predicted molar refractivity (Wildman–Crippen MR) is 68.1 cm³/mol. The molecule has 1 spiro atoms. The maximum atomic E-state index is 9.77. The van der Waals surface area contributed by atoms with Gasteiger partial charge in [0.25, 0.3) is 0 Å². The molecule has 90 valence electrons. The molecular formula is C15H24O. The quantitative estimate of drug-likeness (QED) is 0.668. The summed E-state index contributed by atoms with van der Waals surface area (Å²) in [4.78, 5) is 0. The molecule has 0 bridgehead atoms. The number of aliphatic hydroxyl groups excluding tert-OH is 1. The molecule has 1 heteroatoms. The Kier molecular flexibility index (Phi) is 3.00. The fourth-order valence-corrected chi connectivity index (χ4v) is 3.80. The lowest BCUT2D eigenvalue weighted by atomic mass is 9.64. The van der Waals surface area contributed by atoms with Crippen molar-refractivity contribution in [2.24, 2.45) is 17.3 Å². The smallest absolute Gasteiger partial charge is 0.0726 e. The molecule has 0 aromatic rings. The van der Waals surface area contributed by atoms with Crippen molar-refractivity contribution in [3.63, 3.8) is 0 Å². The highest BCUT2D eigenvalue weighted by Crippen LogP contribution is 2.56. The number of allylic oxidation sites excluding steroid dienone is 2. The van der Waals surface area contributed by atoms with Crippen LogP contribution in [0, 0.1) is 17.3 Å². The first-order valence-corrected chi connectivity index (χ1v) is 6.48. The van der Waals surface area contributed by atoms with E-state index in [0.717, 1.165) is 6.42 Å². The van der Waals surface area contributed by atoms with Gasteiger partial charge in [-0.1, -0.05) is 30.7 Å². The van der Waals surface area contributed by atoms with Crippen molar-refractivity contribution in [3.05, 3.63) is 23.8 Å². The molecule has 4 unspecified atom stereocenters. The highest BCUT2D eigenvalue weighted by molar-refractivity contribution is 5.23. The zero-order valence-corrected chi connectivity index (χ0v) is 10.8. The van der Waals surface area contributed by atoms with Crippen LogP contribution in [0.4, 0.5) is 0 Å². The number of hydrogen-bond acceptors (Lipinski definition) is 1. The van der Waals surface area contributed by atoms with Gasteiger partial charge < -0.3 is 5.11 Å². The normalized spacial score (nSPS) is 43.5. The minimum atomic E-state index is -0.218. The third-order valence-electron chi connectivity index (χ3n) is 5.01. The summed E-state index contributed by atoms with van der Waals surface area (Å²) in [5, 5.41) is 9.77. The molecule has 4 atom stereocenters. The summed E-state index contributed by atoms with van der Waals surface area (Å²) in [5.74, 6) is 1.30. The van der Waals surface area contributed by atoms with Crippen LogP contribution in [-0.2, 0) is 0 Å². The van der Waals surface area contributed by atoms with Crippen molar-refractivity contribution < 1.29 is 5.11 Å². The maximum Gasteiger partial charge on any atom is 0.0726 e. The van der Waals surface area contributed by atoms with Crippen LogP contribution >= 0.6 is 0 Å². The monoisotopic (exact) mass is 220 g/mol. The third-order valence-corrected chi connectivity index (χ3v) is 5.01. The van der Waals surface area contributed by atoms with Crippen LogP contribution in [0.25, 0.3) is 0 Å². The van der Waals surface area contributed by atoms with Gasteiger partial charge in [-0.15, -0.1) is 0 Å². The Hall–Kier alpha value is -0.560. The van der Waals surface area contributed by atoms with E-state index in [4.69, 9.17) is 0 Å². The maximum absolute atomic E-state index is 9.77. The van der Waals surface area contributed by atoms with E-state index in [-0.39, 0.29) is 6.10 Å². The SMILES string of the molecule is C=C(C)C1CCC2(C1)C(C)=CC(O)CC2C. The molecular weight excluding hydrogens is 196 g/mol. The van der Waals surface area contributed by atoms with Crippen LogP contribution in [-0.4, -0.2) is 11.2 Å². The largest absolute Gasteiger partial charge is 0.389 e. The second kappa shape index (κ2) is 4.03. The van der Waals surface area contributed by atoms with Gasteiger partial charge in [0, 0.05) is 0 Å². The van der Waals surface area contributed by atoms with E-state index in [1.807, 2.05) is 0 Å². The van der Waals surface area contributed by atoms with Crippen LogP contribution in [0.5, 0.6) is 0 Å². The first-order chi connectivity index (χ1) is 7.45. The number of hydrogen-bond donors (Lipinski definition) is 1. The molecule has 0 aromatic heterocycles. The highest BCUT2D eigenvalue weighted by Gasteiger charge is 2.46. The molecule has 1 nitrogen and oxygen atoms in total. The second-order valence-electron chi connectivity index (χ2n) is 6.00. The lowest BCUT2D eigenvalue weighted by Crippen LogP contribution is -2.34. The molecule has 2 aliphatic rings. The van der Waals surface area contributed by atoms with Gasteiger partial charge in [-0.3, -0.25) is 0 Å². The fourth-order valence-electron chi connectivity index (χ4n) is 3.80. The van der Waals surface area contributed by atoms with Crippen LogP contribution in [0.1, 0.15) is 46.5 Å².